The number of aromatic nitrogens is 5. The van der Waals surface area contributed by atoms with Gasteiger partial charge in [-0.25, -0.2) is 4.79 Å². The Morgan fingerprint density at radius 1 is 1.06 bits per heavy atom. The Kier molecular flexibility index (Phi) is 7.53. The maximum absolute atomic E-state index is 13.1. The minimum absolute atomic E-state index is 0.0750. The zero-order valence-electron chi connectivity index (χ0n) is 20.8. The Balaban J connectivity index is 1.69. The number of Topliss-reactive ketones (excluding diaryl/α,β-unsaturated/α-hetero) is 1. The van der Waals surface area contributed by atoms with E-state index in [9.17, 15) is 14.4 Å². The quantitative estimate of drug-likeness (QED) is 0.355. The van der Waals surface area contributed by atoms with Gasteiger partial charge in [0.25, 0.3) is 5.56 Å². The lowest BCUT2D eigenvalue weighted by Gasteiger charge is -2.25. The molecule has 0 spiro atoms. The number of hydrogen-bond donors (Lipinski definition) is 1. The number of nitrogen functional groups attached to an aromatic ring is 1. The number of methoxy groups -OCH3 is 2. The van der Waals surface area contributed by atoms with Gasteiger partial charge in [0.05, 0.1) is 20.0 Å². The molecular formula is C24H30N6O5S. The van der Waals surface area contributed by atoms with Crippen molar-refractivity contribution in [1.82, 2.24) is 23.9 Å². The molecule has 1 aliphatic rings. The fourth-order valence-corrected chi connectivity index (χ4v) is 5.42. The highest BCUT2D eigenvalue weighted by Crippen LogP contribution is 2.38. The van der Waals surface area contributed by atoms with Crippen LogP contribution in [0.25, 0.3) is 11.4 Å². The van der Waals surface area contributed by atoms with Crippen molar-refractivity contribution in [3.63, 3.8) is 0 Å². The summed E-state index contributed by atoms with van der Waals surface area (Å²) in [5.74, 6) is 1.18. The average Bonchev–Trinajstić information content (AvgIpc) is 3.33. The van der Waals surface area contributed by atoms with Crippen LogP contribution in [-0.2, 0) is 14.1 Å². The van der Waals surface area contributed by atoms with Crippen molar-refractivity contribution in [2.24, 2.45) is 14.1 Å². The smallest absolute Gasteiger partial charge is 0.332 e. The summed E-state index contributed by atoms with van der Waals surface area (Å²) in [7, 11) is 5.91. The first-order chi connectivity index (χ1) is 17.3. The van der Waals surface area contributed by atoms with Crippen LogP contribution in [-0.4, -0.2) is 49.7 Å². The van der Waals surface area contributed by atoms with E-state index >= 15 is 0 Å². The lowest BCUT2D eigenvalue weighted by molar-refractivity contribution is 0.102. The molecule has 0 bridgehead atoms. The summed E-state index contributed by atoms with van der Waals surface area (Å²) in [6.07, 6.45) is 5.34. The first-order valence-electron chi connectivity index (χ1n) is 11.7. The molecule has 1 fully saturated rings. The van der Waals surface area contributed by atoms with Gasteiger partial charge in [0.2, 0.25) is 0 Å². The Hall–Kier alpha value is -3.54. The van der Waals surface area contributed by atoms with Gasteiger partial charge < -0.3 is 15.2 Å². The predicted octanol–water partition coefficient (Wildman–Crippen LogP) is 2.42. The van der Waals surface area contributed by atoms with Crippen LogP contribution in [0.5, 0.6) is 11.5 Å². The molecule has 2 heterocycles. The minimum Gasteiger partial charge on any atom is -0.493 e. The first-order valence-corrected chi connectivity index (χ1v) is 12.7. The molecule has 0 radical (unpaired) electrons. The van der Waals surface area contributed by atoms with Gasteiger partial charge in [0.1, 0.15) is 11.4 Å². The van der Waals surface area contributed by atoms with E-state index in [0.29, 0.717) is 22.5 Å². The number of ketones is 1. The molecule has 2 N–H and O–H groups in total. The monoisotopic (exact) mass is 514 g/mol. The average molecular weight is 515 g/mol. The molecule has 36 heavy (non-hydrogen) atoms. The second-order valence-corrected chi connectivity index (χ2v) is 9.66. The predicted molar refractivity (Wildman–Crippen MR) is 137 cm³/mol. The Morgan fingerprint density at radius 3 is 2.42 bits per heavy atom. The molecule has 0 unspecified atom stereocenters. The number of hydrogen-bond acceptors (Lipinski definition) is 9. The van der Waals surface area contributed by atoms with Gasteiger partial charge in [-0.3, -0.25) is 23.3 Å². The molecule has 1 saturated carbocycles. The van der Waals surface area contributed by atoms with Gasteiger partial charge in [0, 0.05) is 25.7 Å². The van der Waals surface area contributed by atoms with Gasteiger partial charge in [-0.1, -0.05) is 31.0 Å². The van der Waals surface area contributed by atoms with Gasteiger partial charge in [-0.05, 0) is 31.0 Å². The van der Waals surface area contributed by atoms with Crippen LogP contribution < -0.4 is 26.5 Å². The second-order valence-electron chi connectivity index (χ2n) is 8.72. The lowest BCUT2D eigenvalue weighted by Crippen LogP contribution is -2.41. The highest BCUT2D eigenvalue weighted by molar-refractivity contribution is 7.99. The fourth-order valence-electron chi connectivity index (χ4n) is 4.54. The van der Waals surface area contributed by atoms with E-state index in [-0.39, 0.29) is 23.2 Å². The molecule has 3 aromatic rings. The zero-order valence-corrected chi connectivity index (χ0v) is 21.6. The van der Waals surface area contributed by atoms with E-state index in [1.807, 2.05) is 18.2 Å². The van der Waals surface area contributed by atoms with Crippen molar-refractivity contribution < 1.29 is 14.3 Å². The van der Waals surface area contributed by atoms with E-state index in [0.717, 1.165) is 40.4 Å². The van der Waals surface area contributed by atoms with Crippen molar-refractivity contribution >= 4 is 23.4 Å². The van der Waals surface area contributed by atoms with Crippen LogP contribution >= 0.6 is 11.8 Å². The number of thioether (sulfide) groups is 1. The van der Waals surface area contributed by atoms with Crippen molar-refractivity contribution in [2.75, 3.05) is 25.7 Å². The number of nitrogens with two attached hydrogens (primary N) is 1. The summed E-state index contributed by atoms with van der Waals surface area (Å²) in [5.41, 5.74) is 5.29. The normalized spacial score (nSPS) is 14.1. The molecule has 11 nitrogen and oxygen atoms in total. The number of rotatable bonds is 8. The number of benzene rings is 1. The van der Waals surface area contributed by atoms with E-state index in [1.165, 1.54) is 32.3 Å². The Morgan fingerprint density at radius 2 is 1.75 bits per heavy atom. The SMILES string of the molecule is COc1ccc(-c2nnc(SCC(=O)c3c(N)n(C)c(=O)n(C)c3=O)n2C2CCCCC2)cc1OC. The summed E-state index contributed by atoms with van der Waals surface area (Å²) in [6, 6.07) is 5.77. The fraction of sp³-hybridized carbons (Fsp3) is 0.458. The molecular weight excluding hydrogens is 484 g/mol. The van der Waals surface area contributed by atoms with Gasteiger partial charge in [0.15, 0.2) is 28.3 Å². The maximum atomic E-state index is 13.1. The third-order valence-electron chi connectivity index (χ3n) is 6.57. The molecule has 12 heteroatoms. The van der Waals surface area contributed by atoms with E-state index in [4.69, 9.17) is 15.2 Å². The van der Waals surface area contributed by atoms with Gasteiger partial charge >= 0.3 is 5.69 Å². The topological polar surface area (TPSA) is 136 Å². The molecule has 0 amide bonds. The molecule has 1 aliphatic carbocycles. The van der Waals surface area contributed by atoms with Crippen LogP contribution in [0.3, 0.4) is 0 Å². The van der Waals surface area contributed by atoms with Crippen LogP contribution in [0.15, 0.2) is 32.9 Å². The number of ether oxygens (including phenoxy) is 2. The largest absolute Gasteiger partial charge is 0.493 e. The number of anilines is 1. The summed E-state index contributed by atoms with van der Waals surface area (Å²) in [4.78, 5) is 37.8. The summed E-state index contributed by atoms with van der Waals surface area (Å²) in [6.45, 7) is 0. The highest BCUT2D eigenvalue weighted by Gasteiger charge is 2.26. The second kappa shape index (κ2) is 10.6. The summed E-state index contributed by atoms with van der Waals surface area (Å²) < 4.78 is 14.9. The third kappa shape index (κ3) is 4.64. The van der Waals surface area contributed by atoms with Gasteiger partial charge in [-0.15, -0.1) is 10.2 Å². The molecule has 4 rings (SSSR count). The molecule has 192 valence electrons. The van der Waals surface area contributed by atoms with E-state index < -0.39 is 17.0 Å². The van der Waals surface area contributed by atoms with Crippen molar-refractivity contribution in [3.8, 4) is 22.9 Å². The standard InChI is InChI=1S/C24H30N6O5S/c1-28-20(25)19(22(32)29(2)24(28)33)16(31)13-36-23-27-26-21(30(23)15-8-6-5-7-9-15)14-10-11-17(34-3)18(12-14)35-4/h10-12,15H,5-9,13,25H2,1-4H3. The summed E-state index contributed by atoms with van der Waals surface area (Å²) >= 11 is 1.20. The highest BCUT2D eigenvalue weighted by atomic mass is 32.2. The van der Waals surface area contributed by atoms with Gasteiger partial charge in [-0.2, -0.15) is 0 Å². The van der Waals surface area contributed by atoms with E-state index in [1.54, 1.807) is 14.2 Å². The summed E-state index contributed by atoms with van der Waals surface area (Å²) in [5, 5.41) is 9.46. The minimum atomic E-state index is -0.707. The molecule has 0 atom stereocenters. The number of nitrogens with zero attached hydrogens (tertiary/aromatic N) is 5. The molecule has 0 aliphatic heterocycles. The molecule has 1 aromatic carbocycles. The molecule has 0 saturated heterocycles. The van der Waals surface area contributed by atoms with E-state index in [2.05, 4.69) is 14.8 Å². The van der Waals surface area contributed by atoms with Crippen LogP contribution in [0, 0.1) is 0 Å². The zero-order chi connectivity index (χ0) is 26.0. The Labute approximate surface area is 212 Å². The third-order valence-corrected chi connectivity index (χ3v) is 7.51. The van der Waals surface area contributed by atoms with Crippen molar-refractivity contribution in [2.45, 2.75) is 43.3 Å². The van der Waals surface area contributed by atoms with Crippen molar-refractivity contribution in [3.05, 3.63) is 44.6 Å². The maximum Gasteiger partial charge on any atom is 0.332 e. The first kappa shape index (κ1) is 25.5. The Bertz CT molecular complexity index is 1400. The molecule has 2 aromatic heterocycles. The van der Waals surface area contributed by atoms with Crippen molar-refractivity contribution in [1.29, 1.82) is 0 Å². The number of carbonyl (C=O) groups excluding carboxylic acids is 1. The number of carbonyl (C=O) groups is 1. The lowest BCUT2D eigenvalue weighted by atomic mass is 9.95. The van der Waals surface area contributed by atoms with Crippen LogP contribution in [0.4, 0.5) is 5.82 Å². The van der Waals surface area contributed by atoms with Crippen LogP contribution in [0.2, 0.25) is 0 Å². The van der Waals surface area contributed by atoms with Crippen LogP contribution in [0.1, 0.15) is 48.5 Å².